The van der Waals surface area contributed by atoms with E-state index in [9.17, 15) is 14.4 Å². The third-order valence-corrected chi connectivity index (χ3v) is 7.41. The third kappa shape index (κ3) is 7.94. The largest absolute Gasteiger partial charge is 0.496 e. The zero-order valence-electron chi connectivity index (χ0n) is 25.9. The van der Waals surface area contributed by atoms with E-state index in [2.05, 4.69) is 40.1 Å². The van der Waals surface area contributed by atoms with E-state index < -0.39 is 0 Å². The van der Waals surface area contributed by atoms with E-state index in [-0.39, 0.29) is 30.0 Å². The van der Waals surface area contributed by atoms with Crippen molar-refractivity contribution in [3.63, 3.8) is 0 Å². The normalized spacial score (nSPS) is 10.7. The molecule has 3 N–H and O–H groups in total. The lowest BCUT2D eigenvalue weighted by molar-refractivity contribution is -0.691. The van der Waals surface area contributed by atoms with Gasteiger partial charge >= 0.3 is 11.6 Å². The summed E-state index contributed by atoms with van der Waals surface area (Å²) in [4.78, 5) is 47.4. The number of hydrogen-bond donors (Lipinski definition) is 4. The van der Waals surface area contributed by atoms with E-state index in [0.717, 1.165) is 5.56 Å². The number of hydrogen-bond acceptors (Lipinski definition) is 9. The van der Waals surface area contributed by atoms with Gasteiger partial charge in [0.25, 0.3) is 5.65 Å². The standard InChI is InChI=1S/C34H33N7O5S/c1-4-30(42)37-28-7-5-6-8-29(28)38-33-35-20-23-21-41(25-17-26(45-2)19-27(18-25)46-3)34(44)40(32(23)39-33)15-13-22-9-11-24(12-10-22)36-31(43)14-16-47/h4-12,17-21H,1,13-16H2,2-3H3,(H3,36,37,42,43,47)/p+1. The molecule has 2 heterocycles. The number of anilines is 4. The lowest BCUT2D eigenvalue weighted by atomic mass is 10.1. The fourth-order valence-corrected chi connectivity index (χ4v) is 5.01. The van der Waals surface area contributed by atoms with Crippen LogP contribution in [0.4, 0.5) is 23.0 Å². The van der Waals surface area contributed by atoms with Crippen LogP contribution in [0.1, 0.15) is 12.0 Å². The van der Waals surface area contributed by atoms with Gasteiger partial charge in [-0.25, -0.2) is 9.78 Å². The van der Waals surface area contributed by atoms with Crippen molar-refractivity contribution >= 4 is 58.5 Å². The monoisotopic (exact) mass is 652 g/mol. The lowest BCUT2D eigenvalue weighted by Crippen LogP contribution is -2.55. The number of para-hydroxylation sites is 2. The minimum atomic E-state index is -0.362. The van der Waals surface area contributed by atoms with Crippen LogP contribution in [0, 0.1) is 0 Å². The second-order valence-corrected chi connectivity index (χ2v) is 10.8. The molecule has 47 heavy (non-hydrogen) atoms. The lowest BCUT2D eigenvalue weighted by Gasteiger charge is -2.12. The Hall–Kier alpha value is -5.69. The van der Waals surface area contributed by atoms with Gasteiger partial charge in [-0.05, 0) is 41.7 Å². The van der Waals surface area contributed by atoms with E-state index in [4.69, 9.17) is 14.5 Å². The van der Waals surface area contributed by atoms with E-state index in [1.54, 1.807) is 67.6 Å². The second kappa shape index (κ2) is 15.1. The fraction of sp³-hybridized carbons (Fsp3) is 0.176. The van der Waals surface area contributed by atoms with Gasteiger partial charge < -0.3 is 25.4 Å². The van der Waals surface area contributed by atoms with Gasteiger partial charge in [0.05, 0.1) is 38.3 Å². The molecule has 13 heteroatoms. The molecule has 12 nitrogen and oxygen atoms in total. The first-order valence-electron chi connectivity index (χ1n) is 14.7. The van der Waals surface area contributed by atoms with Crippen molar-refractivity contribution in [2.24, 2.45) is 0 Å². The smallest absolute Gasteiger partial charge is 0.448 e. The van der Waals surface area contributed by atoms with Gasteiger partial charge in [0.15, 0.2) is 0 Å². The van der Waals surface area contributed by atoms with Crippen molar-refractivity contribution in [1.29, 1.82) is 0 Å². The molecule has 0 aliphatic heterocycles. The third-order valence-electron chi connectivity index (χ3n) is 7.19. The highest BCUT2D eigenvalue weighted by atomic mass is 32.1. The Labute approximate surface area is 276 Å². The van der Waals surface area contributed by atoms with Crippen molar-refractivity contribution in [3.05, 3.63) is 108 Å². The quantitative estimate of drug-likeness (QED) is 0.0831. The van der Waals surface area contributed by atoms with Crippen molar-refractivity contribution in [3.8, 4) is 17.2 Å². The number of nitrogens with one attached hydrogen (secondary N) is 3. The number of aromatic nitrogens is 4. The number of fused-ring (bicyclic) bond motifs is 1. The van der Waals surface area contributed by atoms with Gasteiger partial charge in [-0.15, -0.1) is 0 Å². The first kappa shape index (κ1) is 32.7. The summed E-state index contributed by atoms with van der Waals surface area (Å²) in [5.41, 5.74) is 3.31. The summed E-state index contributed by atoms with van der Waals surface area (Å²) in [5, 5.41) is 9.37. The zero-order chi connectivity index (χ0) is 33.3. The number of carbonyl (C=O) groups is 2. The van der Waals surface area contributed by atoms with Crippen LogP contribution in [0.5, 0.6) is 11.5 Å². The van der Waals surface area contributed by atoms with Crippen LogP contribution in [-0.4, -0.2) is 46.3 Å². The minimum Gasteiger partial charge on any atom is -0.496 e. The molecule has 0 radical (unpaired) electrons. The summed E-state index contributed by atoms with van der Waals surface area (Å²) in [7, 11) is 3.09. The Balaban J connectivity index is 1.54. The molecule has 240 valence electrons. The first-order valence-corrected chi connectivity index (χ1v) is 15.3. The van der Waals surface area contributed by atoms with E-state index in [1.807, 2.05) is 30.3 Å². The van der Waals surface area contributed by atoms with Crippen LogP contribution in [0.2, 0.25) is 0 Å². The van der Waals surface area contributed by atoms with Gasteiger partial charge in [0, 0.05) is 42.9 Å². The van der Waals surface area contributed by atoms with E-state index in [0.29, 0.717) is 63.9 Å². The summed E-state index contributed by atoms with van der Waals surface area (Å²) in [6, 6.07) is 19.8. The number of amides is 2. The van der Waals surface area contributed by atoms with Gasteiger partial charge in [0.2, 0.25) is 11.8 Å². The Morgan fingerprint density at radius 1 is 1.00 bits per heavy atom. The van der Waals surface area contributed by atoms with Crippen molar-refractivity contribution < 1.29 is 23.6 Å². The molecular weight excluding hydrogens is 618 g/mol. The summed E-state index contributed by atoms with van der Waals surface area (Å²) in [6.07, 6.45) is 5.30. The molecule has 5 aromatic rings. The molecule has 0 unspecified atom stereocenters. The number of methoxy groups -OCH3 is 2. The average Bonchev–Trinajstić information content (AvgIpc) is 3.09. The molecule has 0 aliphatic rings. The van der Waals surface area contributed by atoms with Crippen molar-refractivity contribution in [2.75, 3.05) is 35.9 Å². The van der Waals surface area contributed by atoms with E-state index >= 15 is 0 Å². The number of ether oxygens (including phenoxy) is 2. The van der Waals surface area contributed by atoms with Crippen LogP contribution < -0.4 is 35.7 Å². The maximum atomic E-state index is 14.2. The molecule has 0 atom stereocenters. The Morgan fingerprint density at radius 2 is 1.70 bits per heavy atom. The zero-order valence-corrected chi connectivity index (χ0v) is 26.8. The fourth-order valence-electron chi connectivity index (χ4n) is 4.81. The molecule has 0 saturated heterocycles. The van der Waals surface area contributed by atoms with Crippen molar-refractivity contribution in [1.82, 2.24) is 14.5 Å². The van der Waals surface area contributed by atoms with Gasteiger partial charge in [0.1, 0.15) is 22.6 Å². The average molecular weight is 653 g/mol. The van der Waals surface area contributed by atoms with E-state index in [1.165, 1.54) is 10.6 Å². The summed E-state index contributed by atoms with van der Waals surface area (Å²) >= 11 is 4.11. The Bertz CT molecular complexity index is 1970. The maximum Gasteiger partial charge on any atom is 0.448 e. The summed E-state index contributed by atoms with van der Waals surface area (Å²) < 4.78 is 14.0. The van der Waals surface area contributed by atoms with Gasteiger partial charge in [-0.3, -0.25) is 9.59 Å². The second-order valence-electron chi connectivity index (χ2n) is 10.3. The molecule has 0 aliphatic carbocycles. The highest BCUT2D eigenvalue weighted by Crippen LogP contribution is 2.26. The SMILES string of the molecule is C=CC(=O)Nc1ccccc1Nc1ncc2cn(-c3cc(OC)cc(OC)c3)c(=O)[n+](CCc3ccc(NC(=O)CCS)cc3)c2n1. The molecule has 0 fully saturated rings. The molecule has 0 spiro atoms. The first-order chi connectivity index (χ1) is 22.8. The number of benzene rings is 3. The summed E-state index contributed by atoms with van der Waals surface area (Å²) in [5.74, 6) is 1.27. The topological polar surface area (TPSA) is 140 Å². The Morgan fingerprint density at radius 3 is 2.36 bits per heavy atom. The molecule has 3 aromatic carbocycles. The number of thiol groups is 1. The molecule has 0 bridgehead atoms. The van der Waals surface area contributed by atoms with Gasteiger partial charge in [-0.1, -0.05) is 35.8 Å². The predicted molar refractivity (Wildman–Crippen MR) is 184 cm³/mol. The number of aryl methyl sites for hydroxylation is 2. The highest BCUT2D eigenvalue weighted by Gasteiger charge is 2.21. The maximum absolute atomic E-state index is 14.2. The van der Waals surface area contributed by atoms with Crippen LogP contribution in [0.3, 0.4) is 0 Å². The highest BCUT2D eigenvalue weighted by molar-refractivity contribution is 7.80. The molecule has 0 saturated carbocycles. The molecule has 5 rings (SSSR count). The Kier molecular flexibility index (Phi) is 10.5. The van der Waals surface area contributed by atoms with Gasteiger partial charge in [-0.2, -0.15) is 21.8 Å². The van der Waals surface area contributed by atoms with Crippen LogP contribution in [0.25, 0.3) is 16.7 Å². The molecular formula is C34H34N7O5S+. The van der Waals surface area contributed by atoms with Crippen LogP contribution in [0.15, 0.2) is 96.6 Å². The molecule has 2 amide bonds. The summed E-state index contributed by atoms with van der Waals surface area (Å²) in [6.45, 7) is 3.79. The molecule has 2 aromatic heterocycles. The number of carbonyl (C=O) groups excluding carboxylic acids is 2. The minimum absolute atomic E-state index is 0.108. The van der Waals surface area contributed by atoms with Crippen LogP contribution in [-0.2, 0) is 22.6 Å². The predicted octanol–water partition coefficient (Wildman–Crippen LogP) is 4.45. The van der Waals surface area contributed by atoms with Crippen LogP contribution >= 0.6 is 12.6 Å². The number of rotatable bonds is 13. The van der Waals surface area contributed by atoms with Crippen molar-refractivity contribution in [2.45, 2.75) is 19.4 Å². The number of nitrogens with zero attached hydrogens (tertiary/aromatic N) is 4.